The minimum Gasteiger partial charge on any atom is -0.480 e. The van der Waals surface area contributed by atoms with Gasteiger partial charge in [0.2, 0.25) is 0 Å². The predicted octanol–water partition coefficient (Wildman–Crippen LogP) is 0.959. The molecule has 2 atom stereocenters. The van der Waals surface area contributed by atoms with Gasteiger partial charge in [0.05, 0.1) is 11.7 Å². The molecule has 1 aliphatic rings. The monoisotopic (exact) mass is 223 g/mol. The van der Waals surface area contributed by atoms with E-state index in [1.807, 2.05) is 23.9 Å². The van der Waals surface area contributed by atoms with Crippen LogP contribution in [0.5, 0.6) is 0 Å². The van der Waals surface area contributed by atoms with Crippen LogP contribution in [0.25, 0.3) is 0 Å². The van der Waals surface area contributed by atoms with E-state index in [4.69, 9.17) is 0 Å². The Morgan fingerprint density at radius 3 is 2.94 bits per heavy atom. The lowest BCUT2D eigenvalue weighted by Crippen LogP contribution is -2.48. The molecule has 1 saturated carbocycles. The number of aliphatic carboxylic acids is 1. The van der Waals surface area contributed by atoms with Crippen molar-refractivity contribution in [1.82, 2.24) is 15.1 Å². The Labute approximate surface area is 94.5 Å². The van der Waals surface area contributed by atoms with Crippen LogP contribution >= 0.6 is 0 Å². The topological polar surface area (TPSA) is 67.2 Å². The first-order valence-corrected chi connectivity index (χ1v) is 5.51. The largest absolute Gasteiger partial charge is 0.480 e. The number of nitrogens with one attached hydrogen (secondary N) is 1. The van der Waals surface area contributed by atoms with Gasteiger partial charge in [0, 0.05) is 6.20 Å². The van der Waals surface area contributed by atoms with E-state index in [0.717, 1.165) is 12.1 Å². The van der Waals surface area contributed by atoms with Gasteiger partial charge in [0.15, 0.2) is 0 Å². The highest BCUT2D eigenvalue weighted by molar-refractivity contribution is 5.79. The molecule has 16 heavy (non-hydrogen) atoms. The van der Waals surface area contributed by atoms with Crippen LogP contribution in [-0.2, 0) is 4.79 Å². The third kappa shape index (κ3) is 1.71. The molecule has 1 aliphatic carbocycles. The van der Waals surface area contributed by atoms with Crippen molar-refractivity contribution in [3.05, 3.63) is 18.0 Å². The molecule has 5 nitrogen and oxygen atoms in total. The van der Waals surface area contributed by atoms with Crippen LogP contribution in [-0.4, -0.2) is 33.4 Å². The molecule has 2 N–H and O–H groups in total. The van der Waals surface area contributed by atoms with Crippen molar-refractivity contribution in [3.8, 4) is 0 Å². The first kappa shape index (κ1) is 11.1. The molecule has 2 rings (SSSR count). The van der Waals surface area contributed by atoms with E-state index < -0.39 is 11.5 Å². The minimum atomic E-state index is -0.773. The molecule has 0 amide bonds. The molecule has 0 bridgehead atoms. The maximum absolute atomic E-state index is 11.2. The van der Waals surface area contributed by atoms with Crippen molar-refractivity contribution in [2.45, 2.75) is 37.8 Å². The normalized spacial score (nSPS) is 29.5. The smallest absolute Gasteiger partial charge is 0.323 e. The molecule has 0 radical (unpaired) electrons. The fourth-order valence-electron chi connectivity index (χ4n) is 2.41. The molecular formula is C11H17N3O2. The van der Waals surface area contributed by atoms with Crippen molar-refractivity contribution in [2.75, 3.05) is 7.05 Å². The van der Waals surface area contributed by atoms with Gasteiger partial charge in [-0.2, -0.15) is 5.10 Å². The molecule has 0 spiro atoms. The third-order valence-electron chi connectivity index (χ3n) is 3.49. The summed E-state index contributed by atoms with van der Waals surface area (Å²) < 4.78 is 1.89. The average Bonchev–Trinajstić information content (AvgIpc) is 2.84. The Morgan fingerprint density at radius 2 is 2.50 bits per heavy atom. The van der Waals surface area contributed by atoms with Crippen molar-refractivity contribution < 1.29 is 9.90 Å². The second-order valence-electron chi connectivity index (χ2n) is 4.47. The van der Waals surface area contributed by atoms with E-state index in [1.165, 1.54) is 0 Å². The number of carbonyl (C=O) groups is 1. The number of aryl methyl sites for hydroxylation is 1. The molecule has 2 unspecified atom stereocenters. The lowest BCUT2D eigenvalue weighted by molar-refractivity contribution is -0.144. The highest BCUT2D eigenvalue weighted by Crippen LogP contribution is 2.37. The van der Waals surface area contributed by atoms with Crippen LogP contribution in [0.15, 0.2) is 12.3 Å². The molecular weight excluding hydrogens is 206 g/mol. The fourth-order valence-corrected chi connectivity index (χ4v) is 2.41. The van der Waals surface area contributed by atoms with E-state index in [0.29, 0.717) is 12.8 Å². The lowest BCUT2D eigenvalue weighted by Gasteiger charge is -2.23. The number of hydrogen-bond acceptors (Lipinski definition) is 3. The second-order valence-corrected chi connectivity index (χ2v) is 4.47. The SMILES string of the molecule is CNC1(C(=O)O)CCC(n2ccc(C)n2)C1. The summed E-state index contributed by atoms with van der Waals surface area (Å²) in [6.45, 7) is 1.94. The quantitative estimate of drug-likeness (QED) is 0.801. The van der Waals surface area contributed by atoms with Crippen molar-refractivity contribution in [1.29, 1.82) is 0 Å². The zero-order chi connectivity index (χ0) is 11.8. The summed E-state index contributed by atoms with van der Waals surface area (Å²) >= 11 is 0. The Morgan fingerprint density at radius 1 is 1.75 bits per heavy atom. The predicted molar refractivity (Wildman–Crippen MR) is 59.3 cm³/mol. The van der Waals surface area contributed by atoms with Crippen molar-refractivity contribution in [2.24, 2.45) is 0 Å². The Kier molecular flexibility index (Phi) is 2.71. The van der Waals surface area contributed by atoms with E-state index in [1.54, 1.807) is 7.05 Å². The zero-order valence-corrected chi connectivity index (χ0v) is 9.60. The van der Waals surface area contributed by atoms with Crippen LogP contribution in [0.3, 0.4) is 0 Å². The fraction of sp³-hybridized carbons (Fsp3) is 0.636. The Bertz CT molecular complexity index is 402. The first-order valence-electron chi connectivity index (χ1n) is 5.51. The number of likely N-dealkylation sites (N-methyl/N-ethyl adjacent to an activating group) is 1. The van der Waals surface area contributed by atoms with Crippen LogP contribution in [0, 0.1) is 6.92 Å². The van der Waals surface area contributed by atoms with Gasteiger partial charge >= 0.3 is 5.97 Å². The number of rotatable bonds is 3. The van der Waals surface area contributed by atoms with Gasteiger partial charge in [0.25, 0.3) is 0 Å². The van der Waals surface area contributed by atoms with Gasteiger partial charge < -0.3 is 10.4 Å². The standard InChI is InChI=1S/C11H17N3O2/c1-8-4-6-14(13-8)9-3-5-11(7-9,12-2)10(15)16/h4,6,9,12H,3,5,7H2,1-2H3,(H,15,16). The Balaban J connectivity index is 2.16. The molecule has 1 heterocycles. The molecule has 1 fully saturated rings. The number of hydrogen-bond donors (Lipinski definition) is 2. The molecule has 5 heteroatoms. The highest BCUT2D eigenvalue weighted by atomic mass is 16.4. The van der Waals surface area contributed by atoms with Crippen LogP contribution in [0.1, 0.15) is 31.0 Å². The summed E-state index contributed by atoms with van der Waals surface area (Å²) in [6, 6.07) is 2.14. The summed E-state index contributed by atoms with van der Waals surface area (Å²) in [5.41, 5.74) is 0.196. The minimum absolute atomic E-state index is 0.192. The van der Waals surface area contributed by atoms with Gasteiger partial charge in [-0.15, -0.1) is 0 Å². The maximum atomic E-state index is 11.2. The van der Waals surface area contributed by atoms with Crippen LogP contribution < -0.4 is 5.32 Å². The van der Waals surface area contributed by atoms with Gasteiger partial charge in [-0.3, -0.25) is 9.48 Å². The molecule has 1 aromatic heterocycles. The molecule has 0 aromatic carbocycles. The van der Waals surface area contributed by atoms with Gasteiger partial charge in [-0.05, 0) is 39.3 Å². The summed E-state index contributed by atoms with van der Waals surface area (Å²) in [7, 11) is 1.71. The summed E-state index contributed by atoms with van der Waals surface area (Å²) in [4.78, 5) is 11.2. The lowest BCUT2D eigenvalue weighted by atomic mass is 9.98. The van der Waals surface area contributed by atoms with E-state index >= 15 is 0 Å². The highest BCUT2D eigenvalue weighted by Gasteiger charge is 2.45. The molecule has 0 aliphatic heterocycles. The number of aromatic nitrogens is 2. The van der Waals surface area contributed by atoms with Gasteiger partial charge in [0.1, 0.15) is 5.54 Å². The van der Waals surface area contributed by atoms with Crippen molar-refractivity contribution >= 4 is 5.97 Å². The first-order chi connectivity index (χ1) is 7.57. The summed E-state index contributed by atoms with van der Waals surface area (Å²) in [6.07, 6.45) is 4.03. The maximum Gasteiger partial charge on any atom is 0.323 e. The van der Waals surface area contributed by atoms with E-state index in [9.17, 15) is 9.90 Å². The number of nitrogens with zero attached hydrogens (tertiary/aromatic N) is 2. The van der Waals surface area contributed by atoms with Gasteiger partial charge in [-0.25, -0.2) is 0 Å². The summed E-state index contributed by atoms with van der Waals surface area (Å²) in [5, 5.41) is 16.5. The van der Waals surface area contributed by atoms with Gasteiger partial charge in [-0.1, -0.05) is 0 Å². The van der Waals surface area contributed by atoms with E-state index in [2.05, 4.69) is 10.4 Å². The second kappa shape index (κ2) is 3.90. The molecule has 0 saturated heterocycles. The average molecular weight is 223 g/mol. The summed E-state index contributed by atoms with van der Waals surface area (Å²) in [5.74, 6) is -0.763. The van der Waals surface area contributed by atoms with Crippen LogP contribution in [0.2, 0.25) is 0 Å². The van der Waals surface area contributed by atoms with Crippen molar-refractivity contribution in [3.63, 3.8) is 0 Å². The molecule has 88 valence electrons. The number of carboxylic acids is 1. The zero-order valence-electron chi connectivity index (χ0n) is 9.60. The Hall–Kier alpha value is -1.36. The van der Waals surface area contributed by atoms with E-state index in [-0.39, 0.29) is 6.04 Å². The number of carboxylic acid groups (broad SMARTS) is 1. The third-order valence-corrected chi connectivity index (χ3v) is 3.49. The van der Waals surface area contributed by atoms with Crippen LogP contribution in [0.4, 0.5) is 0 Å². The molecule has 1 aromatic rings.